The van der Waals surface area contributed by atoms with Gasteiger partial charge >= 0.3 is 8.60 Å². The molecular formula is C55H57FeO3P5. The van der Waals surface area contributed by atoms with Crippen LogP contribution < -0.4 is 42.4 Å². The summed E-state index contributed by atoms with van der Waals surface area (Å²) in [6.45, 7) is 0. The van der Waals surface area contributed by atoms with Gasteiger partial charge in [0.15, 0.2) is 0 Å². The van der Waals surface area contributed by atoms with E-state index in [1.54, 1.807) is 21.3 Å². The van der Waals surface area contributed by atoms with Gasteiger partial charge < -0.3 is 13.6 Å². The van der Waals surface area contributed by atoms with Gasteiger partial charge in [0.25, 0.3) is 0 Å². The van der Waals surface area contributed by atoms with E-state index in [2.05, 4.69) is 256 Å². The van der Waals surface area contributed by atoms with E-state index in [0.717, 1.165) is 0 Å². The van der Waals surface area contributed by atoms with Crippen LogP contribution in [0.1, 0.15) is 0 Å². The fourth-order valence-corrected chi connectivity index (χ4v) is 18.3. The van der Waals surface area contributed by atoms with Gasteiger partial charge in [0.1, 0.15) is 0 Å². The van der Waals surface area contributed by atoms with Crippen molar-refractivity contribution in [2.45, 2.75) is 0 Å². The Morgan fingerprint density at radius 2 is 0.359 bits per heavy atom. The maximum atomic E-state index is 4.67. The zero-order valence-electron chi connectivity index (χ0n) is 36.7. The zero-order valence-corrected chi connectivity index (χ0v) is 42.3. The summed E-state index contributed by atoms with van der Waals surface area (Å²) in [4.78, 5) is 0. The Labute approximate surface area is 399 Å². The molecule has 0 aliphatic carbocycles. The van der Waals surface area contributed by atoms with Crippen molar-refractivity contribution in [3.05, 3.63) is 243 Å². The Morgan fingerprint density at radius 1 is 0.234 bits per heavy atom. The molecule has 9 heteroatoms. The first-order chi connectivity index (χ1) is 31.2. The molecule has 8 aromatic carbocycles. The topological polar surface area (TPSA) is 27.7 Å². The van der Waals surface area contributed by atoms with Gasteiger partial charge in [-0.1, -0.05) is 243 Å². The van der Waals surface area contributed by atoms with Crippen LogP contribution in [0.25, 0.3) is 0 Å². The van der Waals surface area contributed by atoms with Gasteiger partial charge in [-0.15, -0.1) is 0 Å². The average Bonchev–Trinajstić information content (AvgIpc) is 3.37. The van der Waals surface area contributed by atoms with Crippen LogP contribution in [0, 0.1) is 0 Å². The van der Waals surface area contributed by atoms with Crippen LogP contribution in [-0.4, -0.2) is 46.0 Å². The Balaban J connectivity index is 0.000000207. The molecule has 64 heavy (non-hydrogen) atoms. The molecule has 0 saturated heterocycles. The van der Waals surface area contributed by atoms with Crippen LogP contribution in [-0.2, 0) is 30.6 Å². The predicted molar refractivity (Wildman–Crippen MR) is 284 cm³/mol. The fraction of sp³-hybridized carbons (Fsp3) is 0.127. The van der Waals surface area contributed by atoms with Crippen molar-refractivity contribution in [1.82, 2.24) is 0 Å². The minimum atomic E-state index is -1.05. The second-order valence-electron chi connectivity index (χ2n) is 14.1. The van der Waals surface area contributed by atoms with E-state index in [-0.39, 0.29) is 48.8 Å². The molecule has 0 bridgehead atoms. The summed E-state index contributed by atoms with van der Waals surface area (Å²) in [5, 5.41) is 11.8. The molecular weight excluding hydrogens is 919 g/mol. The third kappa shape index (κ3) is 16.3. The van der Waals surface area contributed by atoms with Crippen molar-refractivity contribution >= 4 is 82.7 Å². The molecule has 0 amide bonds. The van der Waals surface area contributed by atoms with Crippen LogP contribution in [0.2, 0.25) is 0 Å². The van der Waals surface area contributed by atoms with Crippen molar-refractivity contribution in [2.24, 2.45) is 0 Å². The molecule has 0 heterocycles. The van der Waals surface area contributed by atoms with E-state index in [1.807, 2.05) is 0 Å². The monoisotopic (exact) mass is 976 g/mol. The third-order valence-electron chi connectivity index (χ3n) is 10.1. The van der Waals surface area contributed by atoms with Crippen molar-refractivity contribution in [1.29, 1.82) is 0 Å². The summed E-state index contributed by atoms with van der Waals surface area (Å²) in [7, 11) is 2.18. The zero-order chi connectivity index (χ0) is 43.7. The van der Waals surface area contributed by atoms with Gasteiger partial charge in [0.05, 0.1) is 0 Å². The molecule has 0 fully saturated rings. The Morgan fingerprint density at radius 3 is 0.453 bits per heavy atom. The fourth-order valence-electron chi connectivity index (χ4n) is 7.12. The van der Waals surface area contributed by atoms with Crippen molar-refractivity contribution in [3.63, 3.8) is 0 Å². The van der Waals surface area contributed by atoms with E-state index in [0.29, 0.717) is 0 Å². The molecule has 0 radical (unpaired) electrons. The van der Waals surface area contributed by atoms with Gasteiger partial charge in [0.2, 0.25) is 0 Å². The van der Waals surface area contributed by atoms with Crippen LogP contribution >= 0.6 is 40.3 Å². The molecule has 0 atom stereocenters. The molecule has 0 spiro atoms. The summed E-state index contributed by atoms with van der Waals surface area (Å²) in [5.74, 6) is 0. The first-order valence-electron chi connectivity index (χ1n) is 21.1. The third-order valence-corrected chi connectivity index (χ3v) is 21.7. The quantitative estimate of drug-likeness (QED) is 0.0672. The molecule has 0 aliphatic heterocycles. The van der Waals surface area contributed by atoms with Crippen LogP contribution in [0.3, 0.4) is 0 Å². The van der Waals surface area contributed by atoms with E-state index in [9.17, 15) is 0 Å². The average molecular weight is 977 g/mol. The van der Waals surface area contributed by atoms with Crippen LogP contribution in [0.4, 0.5) is 0 Å². The smallest absolute Gasteiger partial charge is 0.316 e. The van der Waals surface area contributed by atoms with Gasteiger partial charge in [-0.3, -0.25) is 0 Å². The Hall–Kier alpha value is -3.69. The van der Waals surface area contributed by atoms with E-state index in [4.69, 9.17) is 0 Å². The number of benzene rings is 8. The van der Waals surface area contributed by atoms with Gasteiger partial charge in [-0.2, -0.15) is 0 Å². The summed E-state index contributed by atoms with van der Waals surface area (Å²) >= 11 is 0. The molecule has 328 valence electrons. The molecule has 8 rings (SSSR count). The van der Waals surface area contributed by atoms with Crippen molar-refractivity contribution in [2.75, 3.05) is 46.0 Å². The summed E-state index contributed by atoms with van der Waals surface area (Å²) in [6.07, 6.45) is 4.83. The molecule has 0 N–H and O–H groups in total. The summed E-state index contributed by atoms with van der Waals surface area (Å²) in [6, 6.07) is 88.4. The summed E-state index contributed by atoms with van der Waals surface area (Å²) < 4.78 is 14.0. The standard InChI is InChI=1S/2C26H24P2.C3H9O3P.Fe/c2*1-5-13-23(14-6-1)27(24-15-7-2-8-16-24)21-22-28(25-17-9-3-10-18-25)26-19-11-4-12-20-26;1-4-7(5-2)6-3;/h2*1-20H,21-22H2;1-3H3;. The number of hydrogen-bond acceptors (Lipinski definition) is 3. The van der Waals surface area contributed by atoms with Gasteiger partial charge in [-0.05, 0) is 98.8 Å². The Bertz CT molecular complexity index is 1880. The predicted octanol–water partition coefficient (Wildman–Crippen LogP) is 11.7. The molecule has 8 aromatic rings. The second kappa shape index (κ2) is 29.8. The van der Waals surface area contributed by atoms with E-state index in [1.165, 1.54) is 67.1 Å². The first-order valence-corrected chi connectivity index (χ1v) is 28.3. The summed E-state index contributed by atoms with van der Waals surface area (Å²) in [5.41, 5.74) is 0. The first kappa shape index (κ1) is 51.3. The second-order valence-corrected chi connectivity index (χ2v) is 24.9. The molecule has 0 aromatic heterocycles. The van der Waals surface area contributed by atoms with Crippen molar-refractivity contribution in [3.8, 4) is 0 Å². The maximum Gasteiger partial charge on any atom is 0.331 e. The normalized spacial score (nSPS) is 10.8. The Kier molecular flexibility index (Phi) is 23.9. The molecule has 0 saturated carbocycles. The largest absolute Gasteiger partial charge is 0.331 e. The number of rotatable bonds is 17. The van der Waals surface area contributed by atoms with Gasteiger partial charge in [0, 0.05) is 38.4 Å². The van der Waals surface area contributed by atoms with Gasteiger partial charge in [-0.25, -0.2) is 0 Å². The van der Waals surface area contributed by atoms with Crippen molar-refractivity contribution < 1.29 is 30.6 Å². The van der Waals surface area contributed by atoms with E-state index >= 15 is 0 Å². The maximum absolute atomic E-state index is 4.67. The molecule has 0 unspecified atom stereocenters. The minimum absolute atomic E-state index is 0. The molecule has 0 aliphatic rings. The molecule has 3 nitrogen and oxygen atoms in total. The van der Waals surface area contributed by atoms with Crippen LogP contribution in [0.5, 0.6) is 0 Å². The van der Waals surface area contributed by atoms with Crippen LogP contribution in [0.15, 0.2) is 243 Å². The SMILES string of the molecule is COP(OC)OC.[Fe].c1ccc(P(CCP(c2ccccc2)c2ccccc2)c2ccccc2)cc1.c1ccc(P(CCP(c2ccccc2)c2ccccc2)c2ccccc2)cc1. The number of hydrogen-bond donors (Lipinski definition) is 0. The van der Waals surface area contributed by atoms with E-state index < -0.39 is 8.60 Å². The minimum Gasteiger partial charge on any atom is -0.316 e.